The lowest BCUT2D eigenvalue weighted by atomic mass is 9.96. The van der Waals surface area contributed by atoms with Crippen LogP contribution < -0.4 is 5.32 Å². The summed E-state index contributed by atoms with van der Waals surface area (Å²) in [5.41, 5.74) is 0.178. The summed E-state index contributed by atoms with van der Waals surface area (Å²) < 4.78 is 19.8. The molecule has 0 fully saturated rings. The molecule has 0 heterocycles. The summed E-state index contributed by atoms with van der Waals surface area (Å²) in [7, 11) is 0. The highest BCUT2D eigenvalue weighted by atomic mass is 35.5. The van der Waals surface area contributed by atoms with Gasteiger partial charge in [-0.15, -0.1) is 0 Å². The lowest BCUT2D eigenvalue weighted by molar-refractivity contribution is -0.151. The van der Waals surface area contributed by atoms with E-state index in [4.69, 9.17) is 25.8 Å². The summed E-state index contributed by atoms with van der Waals surface area (Å²) in [6.07, 6.45) is -1.61. The number of carbonyl (C=O) groups is 3. The highest BCUT2D eigenvalue weighted by molar-refractivity contribution is 6.17. The number of halogens is 1. The summed E-state index contributed by atoms with van der Waals surface area (Å²) in [5.74, 6) is -0.821. The molecule has 0 aromatic heterocycles. The maximum absolute atomic E-state index is 12.4. The van der Waals surface area contributed by atoms with Crippen LogP contribution in [-0.4, -0.2) is 43.5 Å². The van der Waals surface area contributed by atoms with E-state index in [-0.39, 0.29) is 31.8 Å². The molecular weight excluding hydrogens is 402 g/mol. The number of nitrogens with one attached hydrogen (secondary N) is 1. The first-order valence-corrected chi connectivity index (χ1v) is 9.67. The smallest absolute Gasteiger partial charge is 0.463 e. The van der Waals surface area contributed by atoms with Crippen LogP contribution in [0.15, 0.2) is 30.3 Å². The van der Waals surface area contributed by atoms with Gasteiger partial charge in [0.25, 0.3) is 0 Å². The number of amides is 1. The molecule has 1 amide bonds. The third-order valence-electron chi connectivity index (χ3n) is 3.77. The number of alkyl carbamates (subject to hydrolysis) is 1. The summed E-state index contributed by atoms with van der Waals surface area (Å²) in [4.78, 5) is 35.7. The largest absolute Gasteiger partial charge is 0.509 e. The molecule has 9 heteroatoms. The SMILES string of the molecule is CC(C)[C@H](NC(=O)OCc1ccccc1)C(=O)OCC(C)(C)COC(=O)OCCl. The van der Waals surface area contributed by atoms with Crippen LogP contribution in [0.3, 0.4) is 0 Å². The zero-order valence-electron chi connectivity index (χ0n) is 17.1. The quantitative estimate of drug-likeness (QED) is 0.342. The van der Waals surface area contributed by atoms with E-state index in [1.165, 1.54) is 0 Å². The molecular formula is C20H28ClNO7. The zero-order chi connectivity index (χ0) is 21.9. The fraction of sp³-hybridized carbons (Fsp3) is 0.550. The first kappa shape index (κ1) is 24.6. The van der Waals surface area contributed by atoms with Crippen molar-refractivity contribution < 1.29 is 33.3 Å². The van der Waals surface area contributed by atoms with E-state index in [2.05, 4.69) is 10.1 Å². The molecule has 29 heavy (non-hydrogen) atoms. The number of hydrogen-bond acceptors (Lipinski definition) is 7. The Morgan fingerprint density at radius 2 is 1.62 bits per heavy atom. The van der Waals surface area contributed by atoms with Gasteiger partial charge in [-0.25, -0.2) is 14.4 Å². The van der Waals surface area contributed by atoms with Crippen molar-refractivity contribution in [2.45, 2.75) is 40.3 Å². The lowest BCUT2D eigenvalue weighted by Crippen LogP contribution is -2.46. The van der Waals surface area contributed by atoms with Crippen molar-refractivity contribution in [2.75, 3.05) is 19.3 Å². The van der Waals surface area contributed by atoms with Crippen molar-refractivity contribution in [1.29, 1.82) is 0 Å². The monoisotopic (exact) mass is 429 g/mol. The van der Waals surface area contributed by atoms with Crippen molar-refractivity contribution >= 4 is 29.8 Å². The van der Waals surface area contributed by atoms with Crippen LogP contribution in [-0.2, 0) is 30.3 Å². The fourth-order valence-corrected chi connectivity index (χ4v) is 2.22. The van der Waals surface area contributed by atoms with Gasteiger partial charge in [0.05, 0.1) is 6.61 Å². The topological polar surface area (TPSA) is 100 Å². The minimum Gasteiger partial charge on any atom is -0.463 e. The maximum Gasteiger partial charge on any atom is 0.509 e. The Labute approximate surface area is 175 Å². The number of hydrogen-bond donors (Lipinski definition) is 1. The second-order valence-electron chi connectivity index (χ2n) is 7.49. The van der Waals surface area contributed by atoms with Crippen LogP contribution in [0.1, 0.15) is 33.3 Å². The number of benzene rings is 1. The van der Waals surface area contributed by atoms with Crippen LogP contribution in [0.25, 0.3) is 0 Å². The molecule has 8 nitrogen and oxygen atoms in total. The number of alkyl halides is 1. The first-order chi connectivity index (χ1) is 13.6. The fourth-order valence-electron chi connectivity index (χ4n) is 2.13. The van der Waals surface area contributed by atoms with Crippen molar-refractivity contribution in [3.63, 3.8) is 0 Å². The third kappa shape index (κ3) is 10.0. The number of esters is 1. The number of rotatable bonds is 10. The average Bonchev–Trinajstić information content (AvgIpc) is 2.68. The second-order valence-corrected chi connectivity index (χ2v) is 7.71. The number of ether oxygens (including phenoxy) is 4. The van der Waals surface area contributed by atoms with Crippen molar-refractivity contribution in [3.05, 3.63) is 35.9 Å². The van der Waals surface area contributed by atoms with Crippen LogP contribution in [0.2, 0.25) is 0 Å². The zero-order valence-corrected chi connectivity index (χ0v) is 17.9. The van der Waals surface area contributed by atoms with Gasteiger partial charge in [-0.1, -0.05) is 69.6 Å². The molecule has 1 N–H and O–H groups in total. The van der Waals surface area contributed by atoms with Crippen LogP contribution in [0.5, 0.6) is 0 Å². The molecule has 1 rings (SSSR count). The van der Waals surface area contributed by atoms with Crippen molar-refractivity contribution in [3.8, 4) is 0 Å². The lowest BCUT2D eigenvalue weighted by Gasteiger charge is -2.26. The van der Waals surface area contributed by atoms with E-state index in [0.29, 0.717) is 0 Å². The van der Waals surface area contributed by atoms with Crippen LogP contribution >= 0.6 is 11.6 Å². The Kier molecular flexibility index (Phi) is 10.3. The second kappa shape index (κ2) is 12.2. The van der Waals surface area contributed by atoms with Gasteiger partial charge in [0.1, 0.15) is 19.3 Å². The Hall–Kier alpha value is -2.48. The van der Waals surface area contributed by atoms with E-state index in [1.54, 1.807) is 27.7 Å². The normalized spacial score (nSPS) is 12.1. The summed E-state index contributed by atoms with van der Waals surface area (Å²) in [5, 5.41) is 2.53. The van der Waals surface area contributed by atoms with Gasteiger partial charge >= 0.3 is 18.2 Å². The molecule has 0 bridgehead atoms. The van der Waals surface area contributed by atoms with Crippen LogP contribution in [0, 0.1) is 11.3 Å². The molecule has 0 spiro atoms. The molecule has 1 aromatic rings. The summed E-state index contributed by atoms with van der Waals surface area (Å²) in [6, 6.07) is 8.01. The van der Waals surface area contributed by atoms with Gasteiger partial charge in [-0.2, -0.15) is 0 Å². The predicted molar refractivity (Wildman–Crippen MR) is 106 cm³/mol. The molecule has 0 unspecified atom stereocenters. The molecule has 162 valence electrons. The van der Waals surface area contributed by atoms with Crippen LogP contribution in [0.4, 0.5) is 9.59 Å². The Balaban J connectivity index is 2.50. The minimum atomic E-state index is -0.901. The summed E-state index contributed by atoms with van der Waals surface area (Å²) >= 11 is 5.28. The van der Waals surface area contributed by atoms with Gasteiger partial charge in [-0.3, -0.25) is 0 Å². The van der Waals surface area contributed by atoms with E-state index in [0.717, 1.165) is 5.56 Å². The molecule has 1 atom stereocenters. The van der Waals surface area contributed by atoms with E-state index >= 15 is 0 Å². The molecule has 0 saturated heterocycles. The Bertz CT molecular complexity index is 664. The minimum absolute atomic E-state index is 0.0239. The molecule has 0 saturated carbocycles. The first-order valence-electron chi connectivity index (χ1n) is 9.14. The highest BCUT2D eigenvalue weighted by Crippen LogP contribution is 2.17. The van der Waals surface area contributed by atoms with E-state index in [1.807, 2.05) is 30.3 Å². The molecule has 0 radical (unpaired) electrons. The van der Waals surface area contributed by atoms with Crippen molar-refractivity contribution in [2.24, 2.45) is 11.3 Å². The Morgan fingerprint density at radius 1 is 1.00 bits per heavy atom. The van der Waals surface area contributed by atoms with Gasteiger partial charge < -0.3 is 24.3 Å². The van der Waals surface area contributed by atoms with Gasteiger partial charge in [0.15, 0.2) is 6.07 Å². The molecule has 0 aliphatic carbocycles. The number of carbonyl (C=O) groups excluding carboxylic acids is 3. The molecule has 0 aliphatic heterocycles. The Morgan fingerprint density at radius 3 is 2.21 bits per heavy atom. The van der Waals surface area contributed by atoms with Gasteiger partial charge in [-0.05, 0) is 11.5 Å². The molecule has 1 aromatic carbocycles. The van der Waals surface area contributed by atoms with Crippen molar-refractivity contribution in [1.82, 2.24) is 5.32 Å². The summed E-state index contributed by atoms with van der Waals surface area (Å²) in [6.45, 7) is 7.09. The van der Waals surface area contributed by atoms with E-state index in [9.17, 15) is 14.4 Å². The average molecular weight is 430 g/mol. The van der Waals surface area contributed by atoms with E-state index < -0.39 is 29.7 Å². The predicted octanol–water partition coefficient (Wildman–Crippen LogP) is 3.86. The molecule has 0 aliphatic rings. The highest BCUT2D eigenvalue weighted by Gasteiger charge is 2.29. The van der Waals surface area contributed by atoms with Gasteiger partial charge in [0.2, 0.25) is 0 Å². The third-order valence-corrected chi connectivity index (χ3v) is 3.87. The van der Waals surface area contributed by atoms with Gasteiger partial charge in [0, 0.05) is 5.41 Å². The standard InChI is InChI=1S/C20H28ClNO7/c1-14(2)16(22-18(24)26-10-15-8-6-5-7-9-15)17(23)27-11-20(3,4)12-28-19(25)29-13-21/h5-9,14,16H,10-13H2,1-4H3,(H,22,24)/t16-/m0/s1. The maximum atomic E-state index is 12.4.